The van der Waals surface area contributed by atoms with Crippen LogP contribution in [0.25, 0.3) is 0 Å². The van der Waals surface area contributed by atoms with Gasteiger partial charge in [-0.3, -0.25) is 0 Å². The lowest BCUT2D eigenvalue weighted by Gasteiger charge is -2.20. The molecule has 0 amide bonds. The van der Waals surface area contributed by atoms with Crippen molar-refractivity contribution >= 4 is 0 Å². The van der Waals surface area contributed by atoms with Crippen molar-refractivity contribution in [2.45, 2.75) is 39.7 Å². The van der Waals surface area contributed by atoms with Crippen LogP contribution in [-0.4, -0.2) is 17.8 Å². The molecule has 1 aromatic carbocycles. The Balaban J connectivity index is 2.69. The van der Waals surface area contributed by atoms with Crippen LogP contribution < -0.4 is 9.62 Å². The van der Waals surface area contributed by atoms with Gasteiger partial charge in [0.25, 0.3) is 0 Å². The zero-order valence-corrected chi connectivity index (χ0v) is 13.3. The van der Waals surface area contributed by atoms with Crippen LogP contribution in [0.2, 0.25) is 0 Å². The third kappa shape index (κ3) is 5.52. The van der Waals surface area contributed by atoms with Gasteiger partial charge in [0.1, 0.15) is 5.60 Å². The minimum Gasteiger partial charge on any atom is -0.504 e. The number of ether oxygens (including phenoxy) is 1. The van der Waals surface area contributed by atoms with Gasteiger partial charge in [-0.25, -0.2) is 0 Å². The highest BCUT2D eigenvalue weighted by Crippen LogP contribution is 2.36. The molecular weight excluding hydrogens is 268 g/mol. The standard InChI is InChI=1S/C17H24O4/c1-6-13(2)9-8-12-17(3,4)21-20-16-14(18)10-7-11-15(16)19-5/h6-8,10-12,18H,9H2,1-5H3/b12-8+,13-6+. The molecule has 116 valence electrons. The Labute approximate surface area is 126 Å². The lowest BCUT2D eigenvalue weighted by molar-refractivity contribution is -0.265. The Morgan fingerprint density at radius 3 is 2.67 bits per heavy atom. The van der Waals surface area contributed by atoms with Crippen molar-refractivity contribution in [2.75, 3.05) is 7.11 Å². The van der Waals surface area contributed by atoms with Crippen molar-refractivity contribution in [1.82, 2.24) is 0 Å². The average Bonchev–Trinajstić information content (AvgIpc) is 2.45. The summed E-state index contributed by atoms with van der Waals surface area (Å²) in [7, 11) is 1.51. The van der Waals surface area contributed by atoms with Crippen LogP contribution in [0.3, 0.4) is 0 Å². The first-order valence-electron chi connectivity index (χ1n) is 6.90. The summed E-state index contributed by atoms with van der Waals surface area (Å²) in [5, 5.41) is 9.79. The molecule has 1 aromatic rings. The van der Waals surface area contributed by atoms with E-state index in [0.717, 1.165) is 6.42 Å². The number of phenolic OH excluding ortho intramolecular Hbond substituents is 1. The van der Waals surface area contributed by atoms with E-state index in [2.05, 4.69) is 13.0 Å². The van der Waals surface area contributed by atoms with E-state index < -0.39 is 5.60 Å². The molecule has 0 fully saturated rings. The molecule has 0 atom stereocenters. The van der Waals surface area contributed by atoms with Crippen molar-refractivity contribution in [3.05, 3.63) is 42.0 Å². The molecular formula is C17H24O4. The summed E-state index contributed by atoms with van der Waals surface area (Å²) >= 11 is 0. The molecule has 0 spiro atoms. The topological polar surface area (TPSA) is 47.9 Å². The fourth-order valence-corrected chi connectivity index (χ4v) is 1.57. The van der Waals surface area contributed by atoms with Gasteiger partial charge in [0.05, 0.1) is 7.11 Å². The maximum absolute atomic E-state index is 9.79. The highest BCUT2D eigenvalue weighted by molar-refractivity contribution is 5.49. The van der Waals surface area contributed by atoms with Crippen LogP contribution in [0.15, 0.2) is 42.0 Å². The van der Waals surface area contributed by atoms with E-state index in [1.165, 1.54) is 18.7 Å². The second-order valence-electron chi connectivity index (χ2n) is 5.32. The number of para-hydroxylation sites is 1. The molecule has 0 saturated heterocycles. The Kier molecular flexibility index (Phi) is 6.31. The molecule has 0 aliphatic carbocycles. The van der Waals surface area contributed by atoms with E-state index >= 15 is 0 Å². The molecule has 0 heterocycles. The van der Waals surface area contributed by atoms with E-state index in [-0.39, 0.29) is 11.5 Å². The number of hydrogen-bond donors (Lipinski definition) is 1. The molecule has 0 unspecified atom stereocenters. The Bertz CT molecular complexity index is 516. The minimum atomic E-state index is -0.624. The van der Waals surface area contributed by atoms with Gasteiger partial charge in [0.2, 0.25) is 5.75 Å². The number of hydrogen-bond acceptors (Lipinski definition) is 4. The summed E-state index contributed by atoms with van der Waals surface area (Å²) in [5.74, 6) is 0.560. The molecule has 21 heavy (non-hydrogen) atoms. The summed E-state index contributed by atoms with van der Waals surface area (Å²) in [6.45, 7) is 7.84. The molecule has 0 saturated carbocycles. The van der Waals surface area contributed by atoms with E-state index in [1.807, 2.05) is 32.9 Å². The van der Waals surface area contributed by atoms with Crippen molar-refractivity contribution in [3.63, 3.8) is 0 Å². The average molecular weight is 292 g/mol. The molecule has 0 radical (unpaired) electrons. The SMILES string of the molecule is C/C=C(\C)C/C=C/C(C)(C)OOc1c(O)cccc1OC. The van der Waals surface area contributed by atoms with Crippen molar-refractivity contribution < 1.29 is 19.6 Å². The Morgan fingerprint density at radius 2 is 2.05 bits per heavy atom. The monoisotopic (exact) mass is 292 g/mol. The molecule has 4 heteroatoms. The predicted octanol–water partition coefficient (Wildman–Crippen LogP) is 4.40. The van der Waals surface area contributed by atoms with Crippen LogP contribution in [0.1, 0.15) is 34.1 Å². The van der Waals surface area contributed by atoms with Gasteiger partial charge in [-0.1, -0.05) is 29.9 Å². The van der Waals surface area contributed by atoms with Crippen LogP contribution in [-0.2, 0) is 4.89 Å². The molecule has 0 aliphatic rings. The van der Waals surface area contributed by atoms with Crippen molar-refractivity contribution in [1.29, 1.82) is 0 Å². The van der Waals surface area contributed by atoms with Crippen LogP contribution in [0.4, 0.5) is 0 Å². The highest BCUT2D eigenvalue weighted by atomic mass is 17.2. The minimum absolute atomic E-state index is 0.0288. The molecule has 0 bridgehead atoms. The number of allylic oxidation sites excluding steroid dienone is 3. The third-order valence-electron chi connectivity index (χ3n) is 2.97. The molecule has 0 aliphatic heterocycles. The van der Waals surface area contributed by atoms with Gasteiger partial charge in [-0.05, 0) is 46.2 Å². The maximum atomic E-state index is 9.79. The quantitative estimate of drug-likeness (QED) is 0.459. The zero-order chi connectivity index (χ0) is 15.9. The lowest BCUT2D eigenvalue weighted by atomic mass is 10.1. The summed E-state index contributed by atoms with van der Waals surface area (Å²) in [4.78, 5) is 10.7. The van der Waals surface area contributed by atoms with Gasteiger partial charge >= 0.3 is 0 Å². The van der Waals surface area contributed by atoms with Crippen molar-refractivity contribution in [3.8, 4) is 17.2 Å². The molecule has 0 aromatic heterocycles. The molecule has 4 nitrogen and oxygen atoms in total. The molecule has 1 rings (SSSR count). The first-order valence-corrected chi connectivity index (χ1v) is 6.90. The van der Waals surface area contributed by atoms with Gasteiger partial charge in [0, 0.05) is 0 Å². The van der Waals surface area contributed by atoms with Crippen LogP contribution >= 0.6 is 0 Å². The predicted molar refractivity (Wildman–Crippen MR) is 83.6 cm³/mol. The second kappa shape index (κ2) is 7.74. The summed E-state index contributed by atoms with van der Waals surface area (Å²) in [6, 6.07) is 4.88. The smallest absolute Gasteiger partial charge is 0.248 e. The number of phenols is 1. The second-order valence-corrected chi connectivity index (χ2v) is 5.32. The zero-order valence-electron chi connectivity index (χ0n) is 13.3. The van der Waals surface area contributed by atoms with Gasteiger partial charge in [-0.2, -0.15) is 4.89 Å². The summed E-state index contributed by atoms with van der Waals surface area (Å²) < 4.78 is 5.13. The third-order valence-corrected chi connectivity index (χ3v) is 2.97. The first kappa shape index (κ1) is 17.1. The van der Waals surface area contributed by atoms with Crippen LogP contribution in [0, 0.1) is 0 Å². The van der Waals surface area contributed by atoms with Crippen molar-refractivity contribution in [2.24, 2.45) is 0 Å². The lowest BCUT2D eigenvalue weighted by Crippen LogP contribution is -2.23. The largest absolute Gasteiger partial charge is 0.504 e. The first-order chi connectivity index (χ1) is 9.89. The van der Waals surface area contributed by atoms with E-state index in [1.54, 1.807) is 12.1 Å². The Hall–Kier alpha value is -1.94. The number of aromatic hydroxyl groups is 1. The van der Waals surface area contributed by atoms with Crippen LogP contribution in [0.5, 0.6) is 17.2 Å². The molecule has 1 N–H and O–H groups in total. The number of methoxy groups -OCH3 is 1. The van der Waals surface area contributed by atoms with Gasteiger partial charge in [0.15, 0.2) is 11.5 Å². The van der Waals surface area contributed by atoms with Gasteiger partial charge < -0.3 is 14.7 Å². The fraction of sp³-hybridized carbons (Fsp3) is 0.412. The number of rotatable bonds is 7. The fourth-order valence-electron chi connectivity index (χ4n) is 1.57. The Morgan fingerprint density at radius 1 is 1.33 bits per heavy atom. The van der Waals surface area contributed by atoms with E-state index in [4.69, 9.17) is 14.5 Å². The summed E-state index contributed by atoms with van der Waals surface area (Å²) in [5.41, 5.74) is 0.659. The summed E-state index contributed by atoms with van der Waals surface area (Å²) in [6.07, 6.45) is 6.89. The number of benzene rings is 1. The van der Waals surface area contributed by atoms with Gasteiger partial charge in [-0.15, -0.1) is 0 Å². The van der Waals surface area contributed by atoms with E-state index in [9.17, 15) is 5.11 Å². The maximum Gasteiger partial charge on any atom is 0.248 e. The highest BCUT2D eigenvalue weighted by Gasteiger charge is 2.19. The van der Waals surface area contributed by atoms with E-state index in [0.29, 0.717) is 5.75 Å². The normalized spacial score (nSPS) is 12.7.